The van der Waals surface area contributed by atoms with Crippen LogP contribution in [0.15, 0.2) is 71.8 Å². The molecule has 0 saturated carbocycles. The van der Waals surface area contributed by atoms with Gasteiger partial charge in [0.2, 0.25) is 5.91 Å². The lowest BCUT2D eigenvalue weighted by atomic mass is 10.2. The highest BCUT2D eigenvalue weighted by atomic mass is 32.2. The van der Waals surface area contributed by atoms with Crippen LogP contribution in [0, 0.1) is 11.6 Å². The number of thioether (sulfide) groups is 1. The minimum absolute atomic E-state index is 0.0649. The predicted octanol–water partition coefficient (Wildman–Crippen LogP) is 6.08. The van der Waals surface area contributed by atoms with Gasteiger partial charge >= 0.3 is 0 Å². The first kappa shape index (κ1) is 21.4. The molecule has 2 heterocycles. The van der Waals surface area contributed by atoms with Gasteiger partial charge in [-0.3, -0.25) is 14.7 Å². The first-order valence-corrected chi connectivity index (χ1v) is 11.5. The van der Waals surface area contributed by atoms with E-state index in [4.69, 9.17) is 0 Å². The molecule has 0 unspecified atom stereocenters. The summed E-state index contributed by atoms with van der Waals surface area (Å²) in [5.74, 6) is 0.0771. The van der Waals surface area contributed by atoms with Gasteiger partial charge in [0.15, 0.2) is 5.13 Å². The summed E-state index contributed by atoms with van der Waals surface area (Å²) in [6.45, 7) is 0.299. The zero-order valence-electron chi connectivity index (χ0n) is 16.5. The molecule has 2 aromatic carbocycles. The molecule has 1 amide bonds. The number of carbonyl (C=O) groups is 1. The summed E-state index contributed by atoms with van der Waals surface area (Å²) in [7, 11) is 0. The van der Waals surface area contributed by atoms with E-state index in [1.165, 1.54) is 35.6 Å². The lowest BCUT2D eigenvalue weighted by Crippen LogP contribution is -2.30. The number of thiazole rings is 1. The number of nitrogens with zero attached hydrogens (tertiary/aromatic N) is 3. The largest absolute Gasteiger partial charge is 0.282 e. The number of amides is 1. The molecule has 0 spiro atoms. The summed E-state index contributed by atoms with van der Waals surface area (Å²) in [6.07, 6.45) is 2.69. The Morgan fingerprint density at radius 2 is 1.84 bits per heavy atom. The van der Waals surface area contributed by atoms with E-state index in [2.05, 4.69) is 9.97 Å². The summed E-state index contributed by atoms with van der Waals surface area (Å²) < 4.78 is 27.3. The van der Waals surface area contributed by atoms with Crippen molar-refractivity contribution < 1.29 is 13.6 Å². The summed E-state index contributed by atoms with van der Waals surface area (Å²) in [4.78, 5) is 24.5. The average Bonchev–Trinajstić information content (AvgIpc) is 3.19. The van der Waals surface area contributed by atoms with Crippen LogP contribution in [0.5, 0.6) is 0 Å². The molecule has 0 bridgehead atoms. The van der Waals surface area contributed by atoms with Crippen LogP contribution in [0.25, 0.3) is 10.2 Å². The van der Waals surface area contributed by atoms with Gasteiger partial charge in [-0.15, -0.1) is 11.8 Å². The number of halogens is 2. The monoisotopic (exact) mass is 455 g/mol. The molecule has 8 heteroatoms. The topological polar surface area (TPSA) is 46.1 Å². The van der Waals surface area contributed by atoms with Gasteiger partial charge in [-0.25, -0.2) is 13.8 Å². The Morgan fingerprint density at radius 1 is 1.03 bits per heavy atom. The van der Waals surface area contributed by atoms with Crippen LogP contribution in [0.3, 0.4) is 0 Å². The van der Waals surface area contributed by atoms with Gasteiger partial charge in [-0.05, 0) is 66.8 Å². The molecule has 4 rings (SSSR count). The molecule has 158 valence electrons. The molecular formula is C23H19F2N3OS2. The third-order valence-electron chi connectivity index (χ3n) is 4.53. The van der Waals surface area contributed by atoms with Crippen molar-refractivity contribution in [3.63, 3.8) is 0 Å². The fourth-order valence-electron chi connectivity index (χ4n) is 3.00. The van der Waals surface area contributed by atoms with Gasteiger partial charge in [0.05, 0.1) is 22.5 Å². The van der Waals surface area contributed by atoms with Crippen LogP contribution in [-0.4, -0.2) is 21.6 Å². The van der Waals surface area contributed by atoms with Crippen LogP contribution in [0.2, 0.25) is 0 Å². The second kappa shape index (κ2) is 9.98. The normalized spacial score (nSPS) is 11.0. The maximum absolute atomic E-state index is 13.6. The van der Waals surface area contributed by atoms with Crippen LogP contribution < -0.4 is 4.90 Å². The van der Waals surface area contributed by atoms with Crippen LogP contribution in [0.1, 0.15) is 18.5 Å². The Bertz CT molecular complexity index is 1170. The number of rotatable bonds is 8. The predicted molar refractivity (Wildman–Crippen MR) is 121 cm³/mol. The van der Waals surface area contributed by atoms with E-state index in [0.717, 1.165) is 16.3 Å². The SMILES string of the molecule is O=C(CCCSc1ccc(F)cc1)N(Cc1ccccn1)c1nc2ccc(F)cc2s1. The highest BCUT2D eigenvalue weighted by Gasteiger charge is 2.20. The van der Waals surface area contributed by atoms with Gasteiger partial charge in [0.25, 0.3) is 0 Å². The number of carbonyl (C=O) groups excluding carboxylic acids is 1. The molecule has 0 fully saturated rings. The van der Waals surface area contributed by atoms with Crippen molar-refractivity contribution in [1.29, 1.82) is 0 Å². The quantitative estimate of drug-likeness (QED) is 0.239. The van der Waals surface area contributed by atoms with Crippen molar-refractivity contribution in [1.82, 2.24) is 9.97 Å². The standard InChI is InChI=1S/C23H19F2N3OS2/c24-16-6-9-19(10-7-16)30-13-3-5-22(29)28(15-18-4-1-2-12-26-18)23-27-20-11-8-17(25)14-21(20)31-23/h1-2,4,6-12,14H,3,5,13,15H2. The second-order valence-corrected chi connectivity index (χ2v) is 8.99. The van der Waals surface area contributed by atoms with Crippen molar-refractivity contribution in [2.75, 3.05) is 10.7 Å². The number of pyridine rings is 1. The number of aromatic nitrogens is 2. The number of fused-ring (bicyclic) bond motifs is 1. The summed E-state index contributed by atoms with van der Waals surface area (Å²) in [5.41, 5.74) is 1.41. The van der Waals surface area contributed by atoms with E-state index in [1.54, 1.807) is 41.1 Å². The molecule has 2 aromatic heterocycles. The van der Waals surface area contributed by atoms with Gasteiger partial charge in [0, 0.05) is 17.5 Å². The Kier molecular flexibility index (Phi) is 6.89. The van der Waals surface area contributed by atoms with E-state index in [1.807, 2.05) is 18.2 Å². The minimum Gasteiger partial charge on any atom is -0.282 e. The lowest BCUT2D eigenvalue weighted by Gasteiger charge is -2.19. The molecular weight excluding hydrogens is 436 g/mol. The molecule has 0 N–H and O–H groups in total. The highest BCUT2D eigenvalue weighted by molar-refractivity contribution is 7.99. The molecule has 4 nitrogen and oxygen atoms in total. The first-order chi connectivity index (χ1) is 15.1. The zero-order valence-corrected chi connectivity index (χ0v) is 18.1. The first-order valence-electron chi connectivity index (χ1n) is 9.73. The van der Waals surface area contributed by atoms with Crippen molar-refractivity contribution in [2.45, 2.75) is 24.3 Å². The maximum atomic E-state index is 13.6. The fourth-order valence-corrected chi connectivity index (χ4v) is 4.86. The molecule has 0 radical (unpaired) electrons. The highest BCUT2D eigenvalue weighted by Crippen LogP contribution is 2.31. The zero-order chi connectivity index (χ0) is 21.6. The third kappa shape index (κ3) is 5.65. The average molecular weight is 456 g/mol. The third-order valence-corrected chi connectivity index (χ3v) is 6.67. The van der Waals surface area contributed by atoms with E-state index >= 15 is 0 Å². The summed E-state index contributed by atoms with van der Waals surface area (Å²) >= 11 is 2.87. The number of hydrogen-bond acceptors (Lipinski definition) is 5. The summed E-state index contributed by atoms with van der Waals surface area (Å²) in [6, 6.07) is 16.3. The number of benzene rings is 2. The van der Waals surface area contributed by atoms with Crippen molar-refractivity contribution in [3.8, 4) is 0 Å². The second-order valence-electron chi connectivity index (χ2n) is 6.82. The number of anilines is 1. The van der Waals surface area contributed by atoms with Crippen LogP contribution >= 0.6 is 23.1 Å². The van der Waals surface area contributed by atoms with Gasteiger partial charge in [-0.2, -0.15) is 0 Å². The molecule has 0 aliphatic rings. The Balaban J connectivity index is 1.46. The van der Waals surface area contributed by atoms with Crippen LogP contribution in [0.4, 0.5) is 13.9 Å². The molecule has 0 aliphatic carbocycles. The molecule has 0 saturated heterocycles. The van der Waals surface area contributed by atoms with Crippen molar-refractivity contribution in [3.05, 3.63) is 84.2 Å². The Labute approximate surface area is 187 Å². The van der Waals surface area contributed by atoms with Crippen molar-refractivity contribution in [2.24, 2.45) is 0 Å². The molecule has 0 aliphatic heterocycles. The molecule has 31 heavy (non-hydrogen) atoms. The maximum Gasteiger partial charge on any atom is 0.229 e. The van der Waals surface area contributed by atoms with Crippen LogP contribution in [-0.2, 0) is 11.3 Å². The Morgan fingerprint density at radius 3 is 2.61 bits per heavy atom. The van der Waals surface area contributed by atoms with E-state index < -0.39 is 0 Å². The van der Waals surface area contributed by atoms with Gasteiger partial charge in [0.1, 0.15) is 11.6 Å². The fraction of sp³-hybridized carbons (Fsp3) is 0.174. The number of hydrogen-bond donors (Lipinski definition) is 0. The molecule has 0 atom stereocenters. The Hall–Kier alpha value is -2.84. The van der Waals surface area contributed by atoms with E-state index in [9.17, 15) is 13.6 Å². The van der Waals surface area contributed by atoms with Gasteiger partial charge < -0.3 is 0 Å². The lowest BCUT2D eigenvalue weighted by molar-refractivity contribution is -0.118. The minimum atomic E-state index is -0.330. The summed E-state index contributed by atoms with van der Waals surface area (Å²) in [5, 5.41) is 0.530. The van der Waals surface area contributed by atoms with Gasteiger partial charge in [-0.1, -0.05) is 17.4 Å². The van der Waals surface area contributed by atoms with E-state index in [-0.39, 0.29) is 17.5 Å². The van der Waals surface area contributed by atoms with E-state index in [0.29, 0.717) is 34.7 Å². The molecule has 4 aromatic rings. The van der Waals surface area contributed by atoms with Crippen molar-refractivity contribution >= 4 is 44.4 Å². The smallest absolute Gasteiger partial charge is 0.229 e.